The molecular formula is C14H12FNO2. The first-order valence-corrected chi connectivity index (χ1v) is 5.47. The summed E-state index contributed by atoms with van der Waals surface area (Å²) in [7, 11) is 1.55. The van der Waals surface area contributed by atoms with Crippen molar-refractivity contribution < 1.29 is 13.9 Å². The minimum Gasteiger partial charge on any atom is -0.497 e. The number of aromatic nitrogens is 1. The molecule has 18 heavy (non-hydrogen) atoms. The van der Waals surface area contributed by atoms with E-state index >= 15 is 0 Å². The summed E-state index contributed by atoms with van der Waals surface area (Å²) in [5.74, 6) is -0.270. The standard InChI is InChI=1S/C14H12FNO2/c1-18-11-5-2-4-10(8-11)9-13(17)14-12(15)6-3-7-16-14/h2-8H,9H2,1H3. The molecule has 1 aromatic heterocycles. The van der Waals surface area contributed by atoms with Gasteiger partial charge in [0, 0.05) is 12.6 Å². The van der Waals surface area contributed by atoms with Crippen molar-refractivity contribution in [2.75, 3.05) is 7.11 Å². The average Bonchev–Trinajstić information content (AvgIpc) is 2.39. The van der Waals surface area contributed by atoms with E-state index in [1.54, 1.807) is 31.4 Å². The predicted molar refractivity (Wildman–Crippen MR) is 65.2 cm³/mol. The van der Waals surface area contributed by atoms with Crippen LogP contribution in [0.3, 0.4) is 0 Å². The molecule has 0 atom stereocenters. The Bertz CT molecular complexity index is 569. The van der Waals surface area contributed by atoms with Crippen molar-refractivity contribution in [3.63, 3.8) is 0 Å². The zero-order valence-electron chi connectivity index (χ0n) is 9.89. The maximum Gasteiger partial charge on any atom is 0.188 e. The summed E-state index contributed by atoms with van der Waals surface area (Å²) in [6.07, 6.45) is 1.51. The van der Waals surface area contributed by atoms with E-state index in [1.807, 2.05) is 0 Å². The number of halogens is 1. The molecule has 2 aromatic rings. The number of Topliss-reactive ketones (excluding diaryl/α,β-unsaturated/α-hetero) is 1. The van der Waals surface area contributed by atoms with E-state index in [4.69, 9.17) is 4.74 Å². The Balaban J connectivity index is 2.19. The maximum atomic E-state index is 13.4. The number of hydrogen-bond donors (Lipinski definition) is 0. The van der Waals surface area contributed by atoms with Gasteiger partial charge < -0.3 is 4.74 Å². The van der Waals surface area contributed by atoms with E-state index in [0.717, 1.165) is 5.56 Å². The summed E-state index contributed by atoms with van der Waals surface area (Å²) < 4.78 is 18.4. The van der Waals surface area contributed by atoms with Gasteiger partial charge in [0.25, 0.3) is 0 Å². The van der Waals surface area contributed by atoms with E-state index in [1.165, 1.54) is 18.3 Å². The number of pyridine rings is 1. The molecule has 1 heterocycles. The Morgan fingerprint density at radius 3 is 2.89 bits per heavy atom. The van der Waals surface area contributed by atoms with Crippen LogP contribution in [0.5, 0.6) is 5.75 Å². The first-order valence-electron chi connectivity index (χ1n) is 5.47. The smallest absolute Gasteiger partial charge is 0.188 e. The van der Waals surface area contributed by atoms with Crippen LogP contribution in [-0.4, -0.2) is 17.9 Å². The molecule has 0 unspecified atom stereocenters. The van der Waals surface area contributed by atoms with Crippen molar-refractivity contribution >= 4 is 5.78 Å². The van der Waals surface area contributed by atoms with Crippen LogP contribution in [-0.2, 0) is 6.42 Å². The number of methoxy groups -OCH3 is 1. The first kappa shape index (κ1) is 12.2. The molecule has 0 aliphatic carbocycles. The van der Waals surface area contributed by atoms with Crippen LogP contribution in [0.2, 0.25) is 0 Å². The molecule has 0 saturated carbocycles. The minimum absolute atomic E-state index is 0.102. The summed E-state index contributed by atoms with van der Waals surface area (Å²) in [6.45, 7) is 0. The fraction of sp³-hybridized carbons (Fsp3) is 0.143. The van der Waals surface area contributed by atoms with Gasteiger partial charge in [-0.25, -0.2) is 4.39 Å². The van der Waals surface area contributed by atoms with Gasteiger partial charge in [-0.05, 0) is 29.8 Å². The molecule has 1 aromatic carbocycles. The molecule has 0 bridgehead atoms. The zero-order chi connectivity index (χ0) is 13.0. The van der Waals surface area contributed by atoms with Gasteiger partial charge in [-0.15, -0.1) is 0 Å². The van der Waals surface area contributed by atoms with Crippen LogP contribution in [0.25, 0.3) is 0 Å². The fourth-order valence-electron chi connectivity index (χ4n) is 1.64. The van der Waals surface area contributed by atoms with Gasteiger partial charge in [0.1, 0.15) is 11.4 Å². The predicted octanol–water partition coefficient (Wildman–Crippen LogP) is 2.65. The molecule has 92 valence electrons. The summed E-state index contributed by atoms with van der Waals surface area (Å²) in [5.41, 5.74) is 0.643. The van der Waals surface area contributed by atoms with Gasteiger partial charge in [-0.2, -0.15) is 0 Å². The molecule has 0 radical (unpaired) electrons. The van der Waals surface area contributed by atoms with Crippen molar-refractivity contribution in [2.24, 2.45) is 0 Å². The molecule has 0 saturated heterocycles. The van der Waals surface area contributed by atoms with E-state index in [-0.39, 0.29) is 17.9 Å². The number of rotatable bonds is 4. The third-order valence-corrected chi connectivity index (χ3v) is 2.52. The highest BCUT2D eigenvalue weighted by atomic mass is 19.1. The lowest BCUT2D eigenvalue weighted by molar-refractivity contribution is 0.0984. The van der Waals surface area contributed by atoms with Crippen LogP contribution in [0.4, 0.5) is 4.39 Å². The maximum absolute atomic E-state index is 13.4. The van der Waals surface area contributed by atoms with Crippen molar-refractivity contribution in [2.45, 2.75) is 6.42 Å². The van der Waals surface area contributed by atoms with Gasteiger partial charge in [0.05, 0.1) is 7.11 Å². The van der Waals surface area contributed by atoms with Gasteiger partial charge >= 0.3 is 0 Å². The monoisotopic (exact) mass is 245 g/mol. The van der Waals surface area contributed by atoms with Crippen LogP contribution >= 0.6 is 0 Å². The fourth-order valence-corrected chi connectivity index (χ4v) is 1.64. The number of nitrogens with zero attached hydrogens (tertiary/aromatic N) is 1. The summed E-state index contributed by atoms with van der Waals surface area (Å²) >= 11 is 0. The Hall–Kier alpha value is -2.23. The van der Waals surface area contributed by atoms with Crippen molar-refractivity contribution in [3.05, 3.63) is 59.7 Å². The Kier molecular flexibility index (Phi) is 3.67. The molecule has 3 nitrogen and oxygen atoms in total. The van der Waals surface area contributed by atoms with Crippen molar-refractivity contribution in [1.29, 1.82) is 0 Å². The molecular weight excluding hydrogens is 233 g/mol. The third kappa shape index (κ3) is 2.71. The number of carbonyl (C=O) groups is 1. The second-order valence-electron chi connectivity index (χ2n) is 3.79. The lowest BCUT2D eigenvalue weighted by Crippen LogP contribution is -2.08. The second-order valence-corrected chi connectivity index (χ2v) is 3.79. The normalized spacial score (nSPS) is 10.1. The van der Waals surface area contributed by atoms with Crippen LogP contribution in [0.1, 0.15) is 16.1 Å². The molecule has 0 N–H and O–H groups in total. The number of hydrogen-bond acceptors (Lipinski definition) is 3. The average molecular weight is 245 g/mol. The Labute approximate surface area is 104 Å². The van der Waals surface area contributed by atoms with Crippen LogP contribution in [0.15, 0.2) is 42.6 Å². The molecule has 2 rings (SSSR count). The van der Waals surface area contributed by atoms with Crippen molar-refractivity contribution in [1.82, 2.24) is 4.98 Å². The molecule has 0 spiro atoms. The largest absolute Gasteiger partial charge is 0.497 e. The number of benzene rings is 1. The van der Waals surface area contributed by atoms with Crippen molar-refractivity contribution in [3.8, 4) is 5.75 Å². The van der Waals surface area contributed by atoms with E-state index < -0.39 is 5.82 Å². The van der Waals surface area contributed by atoms with E-state index in [2.05, 4.69) is 4.98 Å². The molecule has 0 fully saturated rings. The second kappa shape index (κ2) is 5.40. The van der Waals surface area contributed by atoms with Gasteiger partial charge in [-0.1, -0.05) is 12.1 Å². The topological polar surface area (TPSA) is 39.2 Å². The highest BCUT2D eigenvalue weighted by Gasteiger charge is 2.13. The summed E-state index contributed by atoms with van der Waals surface area (Å²) in [6, 6.07) is 9.80. The van der Waals surface area contributed by atoms with Gasteiger partial charge in [-0.3, -0.25) is 9.78 Å². The summed E-state index contributed by atoms with van der Waals surface area (Å²) in [5, 5.41) is 0. The molecule has 0 amide bonds. The molecule has 0 aliphatic heterocycles. The van der Waals surface area contributed by atoms with Crippen LogP contribution in [0, 0.1) is 5.82 Å². The SMILES string of the molecule is COc1cccc(CC(=O)c2ncccc2F)c1. The van der Waals surface area contributed by atoms with Gasteiger partial charge in [0.15, 0.2) is 11.6 Å². The lowest BCUT2D eigenvalue weighted by atomic mass is 10.1. The summed E-state index contributed by atoms with van der Waals surface area (Å²) in [4.78, 5) is 15.7. The highest BCUT2D eigenvalue weighted by Crippen LogP contribution is 2.15. The highest BCUT2D eigenvalue weighted by molar-refractivity contribution is 5.95. The minimum atomic E-state index is -0.592. The lowest BCUT2D eigenvalue weighted by Gasteiger charge is -2.04. The third-order valence-electron chi connectivity index (χ3n) is 2.52. The first-order chi connectivity index (χ1) is 8.70. The van der Waals surface area contributed by atoms with Crippen LogP contribution < -0.4 is 4.74 Å². The number of ketones is 1. The van der Waals surface area contributed by atoms with E-state index in [0.29, 0.717) is 5.75 Å². The number of carbonyl (C=O) groups excluding carboxylic acids is 1. The molecule has 0 aliphatic rings. The quantitative estimate of drug-likeness (QED) is 0.777. The Morgan fingerprint density at radius 2 is 2.17 bits per heavy atom. The zero-order valence-corrected chi connectivity index (χ0v) is 9.89. The molecule has 4 heteroatoms. The van der Waals surface area contributed by atoms with E-state index in [9.17, 15) is 9.18 Å². The number of ether oxygens (including phenoxy) is 1. The van der Waals surface area contributed by atoms with Gasteiger partial charge in [0.2, 0.25) is 0 Å². The Morgan fingerprint density at radius 1 is 1.33 bits per heavy atom.